The number of nitrogens with one attached hydrogen (secondary N) is 1. The first-order chi connectivity index (χ1) is 7.95. The molecule has 0 bridgehead atoms. The Hall–Kier alpha value is -1.93. The Labute approximate surface area is 93.9 Å². The summed E-state index contributed by atoms with van der Waals surface area (Å²) in [6.07, 6.45) is -3.23. The average molecular weight is 246 g/mol. The Morgan fingerprint density at radius 2 is 2.06 bits per heavy atom. The molecule has 0 fully saturated rings. The van der Waals surface area contributed by atoms with E-state index in [-0.39, 0.29) is 11.2 Å². The highest BCUT2D eigenvalue weighted by Crippen LogP contribution is 2.31. The van der Waals surface area contributed by atoms with Gasteiger partial charge in [0, 0.05) is 7.05 Å². The lowest BCUT2D eigenvalue weighted by molar-refractivity contribution is -0.164. The van der Waals surface area contributed by atoms with Crippen LogP contribution in [-0.2, 0) is 0 Å². The van der Waals surface area contributed by atoms with Gasteiger partial charge in [-0.25, -0.2) is 14.6 Å². The largest absolute Gasteiger partial charge is 0.410 e. The number of rotatable bonds is 2. The van der Waals surface area contributed by atoms with Gasteiger partial charge in [-0.3, -0.25) is 0 Å². The van der Waals surface area contributed by atoms with Crippen molar-refractivity contribution in [3.05, 3.63) is 6.33 Å². The van der Waals surface area contributed by atoms with Crippen LogP contribution in [0, 0.1) is 0 Å². The van der Waals surface area contributed by atoms with Crippen LogP contribution in [0.4, 0.5) is 19.0 Å². The summed E-state index contributed by atoms with van der Waals surface area (Å²) in [4.78, 5) is 7.61. The molecule has 0 spiro atoms. The SMILES string of the molecule is CNc1ncnc2c1nnn2C(C)C(F)(F)F. The highest BCUT2D eigenvalue weighted by atomic mass is 19.4. The maximum absolute atomic E-state index is 12.6. The number of halogens is 3. The maximum atomic E-state index is 12.6. The molecule has 0 aliphatic rings. The van der Waals surface area contributed by atoms with Crippen LogP contribution in [0.15, 0.2) is 6.33 Å². The molecule has 2 aromatic rings. The molecule has 17 heavy (non-hydrogen) atoms. The van der Waals surface area contributed by atoms with Crippen molar-refractivity contribution >= 4 is 17.0 Å². The van der Waals surface area contributed by atoms with Gasteiger partial charge < -0.3 is 5.32 Å². The van der Waals surface area contributed by atoms with Crippen molar-refractivity contribution in [2.45, 2.75) is 19.1 Å². The van der Waals surface area contributed by atoms with Gasteiger partial charge in [-0.15, -0.1) is 5.10 Å². The molecule has 0 amide bonds. The molecule has 1 atom stereocenters. The number of fused-ring (bicyclic) bond motifs is 1. The molecule has 0 aliphatic heterocycles. The summed E-state index contributed by atoms with van der Waals surface area (Å²) in [5.74, 6) is 0.343. The second kappa shape index (κ2) is 3.82. The molecule has 0 aromatic carbocycles. The van der Waals surface area contributed by atoms with Crippen molar-refractivity contribution in [1.82, 2.24) is 25.0 Å². The maximum Gasteiger partial charge on any atom is 0.410 e. The van der Waals surface area contributed by atoms with E-state index >= 15 is 0 Å². The second-order valence-corrected chi connectivity index (χ2v) is 3.40. The molecule has 0 saturated heterocycles. The summed E-state index contributed by atoms with van der Waals surface area (Å²) < 4.78 is 38.5. The van der Waals surface area contributed by atoms with Crippen LogP contribution >= 0.6 is 0 Å². The van der Waals surface area contributed by atoms with E-state index in [4.69, 9.17) is 0 Å². The first kappa shape index (κ1) is 11.6. The van der Waals surface area contributed by atoms with E-state index in [1.807, 2.05) is 0 Å². The Morgan fingerprint density at radius 3 is 2.65 bits per heavy atom. The van der Waals surface area contributed by atoms with Gasteiger partial charge in [0.05, 0.1) is 0 Å². The van der Waals surface area contributed by atoms with E-state index in [0.717, 1.165) is 17.9 Å². The summed E-state index contributed by atoms with van der Waals surface area (Å²) >= 11 is 0. The van der Waals surface area contributed by atoms with Crippen molar-refractivity contribution in [3.63, 3.8) is 0 Å². The summed E-state index contributed by atoms with van der Waals surface area (Å²) in [7, 11) is 1.59. The summed E-state index contributed by atoms with van der Waals surface area (Å²) in [6, 6.07) is -1.79. The van der Waals surface area contributed by atoms with Crippen molar-refractivity contribution < 1.29 is 13.2 Å². The van der Waals surface area contributed by atoms with Crippen molar-refractivity contribution in [1.29, 1.82) is 0 Å². The van der Waals surface area contributed by atoms with Gasteiger partial charge in [-0.05, 0) is 6.92 Å². The third-order valence-electron chi connectivity index (χ3n) is 2.34. The van der Waals surface area contributed by atoms with Crippen LogP contribution in [0.3, 0.4) is 0 Å². The fourth-order valence-electron chi connectivity index (χ4n) is 1.35. The lowest BCUT2D eigenvalue weighted by Crippen LogP contribution is -2.25. The summed E-state index contributed by atoms with van der Waals surface area (Å²) in [5.41, 5.74) is 0.264. The molecule has 0 saturated carbocycles. The highest BCUT2D eigenvalue weighted by Gasteiger charge is 2.39. The Bertz CT molecular complexity index is 534. The quantitative estimate of drug-likeness (QED) is 0.867. The molecule has 92 valence electrons. The minimum atomic E-state index is -4.40. The number of anilines is 1. The standard InChI is InChI=1S/C8H9F3N6/c1-4(8(9,10)11)17-7-5(15-16-17)6(12-2)13-3-14-7/h3-4H,1-2H3,(H,12,13,14). The van der Waals surface area contributed by atoms with Gasteiger partial charge >= 0.3 is 6.18 Å². The lowest BCUT2D eigenvalue weighted by atomic mass is 10.3. The molecular weight excluding hydrogens is 237 g/mol. The van der Waals surface area contributed by atoms with Gasteiger partial charge in [-0.2, -0.15) is 13.2 Å². The van der Waals surface area contributed by atoms with Crippen molar-refractivity contribution in [3.8, 4) is 0 Å². The number of nitrogens with zero attached hydrogens (tertiary/aromatic N) is 5. The second-order valence-electron chi connectivity index (χ2n) is 3.40. The van der Waals surface area contributed by atoms with Crippen LogP contribution in [0.1, 0.15) is 13.0 Å². The molecule has 0 radical (unpaired) electrons. The van der Waals surface area contributed by atoms with Crippen molar-refractivity contribution in [2.24, 2.45) is 0 Å². The van der Waals surface area contributed by atoms with Gasteiger partial charge in [-0.1, -0.05) is 5.21 Å². The molecule has 2 heterocycles. The summed E-state index contributed by atoms with van der Waals surface area (Å²) in [5, 5.41) is 9.84. The minimum absolute atomic E-state index is 0.0502. The first-order valence-corrected chi connectivity index (χ1v) is 4.75. The molecular formula is C8H9F3N6. The van der Waals surface area contributed by atoms with Gasteiger partial charge in [0.15, 0.2) is 17.0 Å². The van der Waals surface area contributed by atoms with Gasteiger partial charge in [0.2, 0.25) is 0 Å². The fraction of sp³-hybridized carbons (Fsp3) is 0.500. The Balaban J connectivity index is 2.58. The first-order valence-electron chi connectivity index (χ1n) is 4.75. The van der Waals surface area contributed by atoms with E-state index in [2.05, 4.69) is 25.6 Å². The number of hydrogen-bond donors (Lipinski definition) is 1. The van der Waals surface area contributed by atoms with Crippen LogP contribution in [0.2, 0.25) is 0 Å². The molecule has 2 rings (SSSR count). The normalized spacial score (nSPS) is 13.9. The zero-order valence-corrected chi connectivity index (χ0v) is 9.02. The number of hydrogen-bond acceptors (Lipinski definition) is 5. The number of alkyl halides is 3. The Morgan fingerprint density at radius 1 is 1.35 bits per heavy atom. The molecule has 6 nitrogen and oxygen atoms in total. The van der Waals surface area contributed by atoms with E-state index in [1.54, 1.807) is 7.05 Å². The van der Waals surface area contributed by atoms with Crippen LogP contribution in [-0.4, -0.2) is 38.2 Å². The zero-order valence-electron chi connectivity index (χ0n) is 9.02. The van der Waals surface area contributed by atoms with E-state index in [1.165, 1.54) is 0 Å². The lowest BCUT2D eigenvalue weighted by Gasteiger charge is -2.15. The van der Waals surface area contributed by atoms with Crippen molar-refractivity contribution in [2.75, 3.05) is 12.4 Å². The van der Waals surface area contributed by atoms with Gasteiger partial charge in [0.25, 0.3) is 0 Å². The average Bonchev–Trinajstić information content (AvgIpc) is 2.69. The smallest absolute Gasteiger partial charge is 0.371 e. The predicted octanol–water partition coefficient (Wildman–Crippen LogP) is 1.39. The molecule has 2 aromatic heterocycles. The van der Waals surface area contributed by atoms with Crippen LogP contribution in [0.25, 0.3) is 11.2 Å². The Kier molecular flexibility index (Phi) is 2.60. The third-order valence-corrected chi connectivity index (χ3v) is 2.34. The predicted molar refractivity (Wildman–Crippen MR) is 53.4 cm³/mol. The third kappa shape index (κ3) is 1.87. The highest BCUT2D eigenvalue weighted by molar-refractivity contribution is 5.81. The van der Waals surface area contributed by atoms with E-state index < -0.39 is 12.2 Å². The van der Waals surface area contributed by atoms with E-state index in [9.17, 15) is 13.2 Å². The van der Waals surface area contributed by atoms with Crippen LogP contribution in [0.5, 0.6) is 0 Å². The zero-order chi connectivity index (χ0) is 12.6. The number of aromatic nitrogens is 5. The molecule has 1 unspecified atom stereocenters. The van der Waals surface area contributed by atoms with Crippen LogP contribution < -0.4 is 5.32 Å². The molecule has 0 aliphatic carbocycles. The minimum Gasteiger partial charge on any atom is -0.371 e. The van der Waals surface area contributed by atoms with Gasteiger partial charge in [0.1, 0.15) is 12.4 Å². The van der Waals surface area contributed by atoms with E-state index in [0.29, 0.717) is 5.82 Å². The molecule has 9 heteroatoms. The topological polar surface area (TPSA) is 68.5 Å². The fourth-order valence-corrected chi connectivity index (χ4v) is 1.35. The monoisotopic (exact) mass is 246 g/mol. The molecule has 1 N–H and O–H groups in total. The summed E-state index contributed by atoms with van der Waals surface area (Å²) in [6.45, 7) is 0.995.